The monoisotopic (exact) mass is 419 g/mol. The van der Waals surface area contributed by atoms with Crippen LogP contribution in [0.1, 0.15) is 30.7 Å². The minimum atomic E-state index is -0.957. The number of H-pyrrole nitrogens is 1. The van der Waals surface area contributed by atoms with E-state index in [2.05, 4.69) is 14.5 Å². The van der Waals surface area contributed by atoms with E-state index in [4.69, 9.17) is 11.0 Å². The molecule has 0 radical (unpaired) electrons. The van der Waals surface area contributed by atoms with Gasteiger partial charge in [0.2, 0.25) is 11.6 Å². The van der Waals surface area contributed by atoms with Gasteiger partial charge in [0.05, 0.1) is 18.0 Å². The summed E-state index contributed by atoms with van der Waals surface area (Å²) in [5.41, 5.74) is 9.91. The molecule has 5 rings (SSSR count). The highest BCUT2D eigenvalue weighted by Crippen LogP contribution is 2.40. The summed E-state index contributed by atoms with van der Waals surface area (Å²) in [4.78, 5) is 22.1. The lowest BCUT2D eigenvalue weighted by molar-refractivity contribution is -0.547. The second-order valence-corrected chi connectivity index (χ2v) is 8.48. The molecule has 0 spiro atoms. The number of piperazine rings is 1. The number of allylic oxidation sites excluding steroid dienone is 1. The van der Waals surface area contributed by atoms with Crippen molar-refractivity contribution in [3.63, 3.8) is 0 Å². The van der Waals surface area contributed by atoms with Crippen molar-refractivity contribution in [2.24, 2.45) is 11.7 Å². The first-order chi connectivity index (χ1) is 15.1. The number of nitriles is 1. The number of rotatable bonds is 4. The molecule has 3 aliphatic rings. The van der Waals surface area contributed by atoms with E-state index in [-0.39, 0.29) is 18.0 Å². The van der Waals surface area contributed by atoms with Crippen molar-refractivity contribution in [2.75, 3.05) is 13.1 Å². The predicted octanol–water partition coefficient (Wildman–Crippen LogP) is 1.95. The third-order valence-corrected chi connectivity index (χ3v) is 6.53. The second kappa shape index (κ2) is 7.65. The average molecular weight is 419 g/mol. The van der Waals surface area contributed by atoms with E-state index >= 15 is 0 Å². The van der Waals surface area contributed by atoms with E-state index in [1.807, 2.05) is 35.4 Å². The van der Waals surface area contributed by atoms with Crippen molar-refractivity contribution in [1.29, 1.82) is 5.26 Å². The van der Waals surface area contributed by atoms with Crippen LogP contribution < -0.4 is 5.73 Å². The molecule has 2 aromatic rings. The summed E-state index contributed by atoms with van der Waals surface area (Å²) in [6.45, 7) is 1.41. The SMILES string of the molecule is N#Cc1ccc(-c2c[nH]c(C(/C=C\N)=[N+]3CC4CCC(C3)N4C(=O)[C@@H]3C[C@H]3F)c2)cn1. The molecule has 3 N–H and O–H groups in total. The molecule has 2 aromatic heterocycles. The highest BCUT2D eigenvalue weighted by molar-refractivity contribution is 6.04. The third-order valence-electron chi connectivity index (χ3n) is 6.53. The maximum atomic E-state index is 13.5. The molecule has 2 bridgehead atoms. The van der Waals surface area contributed by atoms with Gasteiger partial charge in [0.15, 0.2) is 13.1 Å². The first-order valence-corrected chi connectivity index (χ1v) is 10.6. The molecule has 8 heteroatoms. The maximum absolute atomic E-state index is 13.5. The van der Waals surface area contributed by atoms with E-state index in [0.717, 1.165) is 35.4 Å². The van der Waals surface area contributed by atoms with Gasteiger partial charge in [-0.15, -0.1) is 0 Å². The highest BCUT2D eigenvalue weighted by atomic mass is 19.1. The molecule has 2 unspecified atom stereocenters. The van der Waals surface area contributed by atoms with Crippen molar-refractivity contribution in [3.8, 4) is 17.2 Å². The molecule has 2 saturated heterocycles. The van der Waals surface area contributed by atoms with Gasteiger partial charge in [0.25, 0.3) is 0 Å². The zero-order valence-electron chi connectivity index (χ0n) is 17.0. The van der Waals surface area contributed by atoms with E-state index < -0.39 is 12.1 Å². The Hall–Kier alpha value is -3.47. The lowest BCUT2D eigenvalue weighted by atomic mass is 10.1. The van der Waals surface area contributed by atoms with Gasteiger partial charge in [-0.3, -0.25) is 4.79 Å². The summed E-state index contributed by atoms with van der Waals surface area (Å²) >= 11 is 0. The summed E-state index contributed by atoms with van der Waals surface area (Å²) in [7, 11) is 0. The van der Waals surface area contributed by atoms with E-state index in [0.29, 0.717) is 25.2 Å². The Kier molecular flexibility index (Phi) is 4.81. The molecular formula is C23H24FN6O+. The van der Waals surface area contributed by atoms with E-state index in [1.54, 1.807) is 12.3 Å². The van der Waals surface area contributed by atoms with Crippen LogP contribution >= 0.6 is 0 Å². The van der Waals surface area contributed by atoms with Crippen LogP contribution in [0.25, 0.3) is 11.1 Å². The molecule has 1 saturated carbocycles. The Morgan fingerprint density at radius 2 is 2.06 bits per heavy atom. The van der Waals surface area contributed by atoms with Crippen LogP contribution in [-0.4, -0.2) is 62.4 Å². The standard InChI is InChI=1S/C23H23FN6O/c24-20-8-19(20)23(31)30-17-3-4-18(30)13-29(12-17)22(5-6-25)21-7-15(11-28-21)14-1-2-16(9-26)27-10-14/h1-2,5-7,10-11,17-20H,3-4,8,12-13H2,(H2,25,28)/p+1/t17?,18?,19-,20-/m1/s1. The van der Waals surface area contributed by atoms with Crippen molar-refractivity contribution in [2.45, 2.75) is 37.5 Å². The van der Waals surface area contributed by atoms with Crippen molar-refractivity contribution in [3.05, 3.63) is 54.3 Å². The minimum absolute atomic E-state index is 0.00829. The zero-order chi connectivity index (χ0) is 21.5. The molecule has 2 aliphatic heterocycles. The first kappa shape index (κ1) is 19.5. The van der Waals surface area contributed by atoms with Gasteiger partial charge in [-0.05, 0) is 37.5 Å². The summed E-state index contributed by atoms with van der Waals surface area (Å²) in [6.07, 6.45) is 8.31. The van der Waals surface area contributed by atoms with Crippen molar-refractivity contribution < 1.29 is 13.8 Å². The molecule has 3 fully saturated rings. The van der Waals surface area contributed by atoms with Crippen LogP contribution in [0.2, 0.25) is 0 Å². The van der Waals surface area contributed by atoms with Crippen LogP contribution in [0, 0.1) is 17.2 Å². The fraction of sp³-hybridized carbons (Fsp3) is 0.391. The smallest absolute Gasteiger partial charge is 0.229 e. The van der Waals surface area contributed by atoms with Gasteiger partial charge >= 0.3 is 0 Å². The number of halogens is 1. The Balaban J connectivity index is 1.42. The highest BCUT2D eigenvalue weighted by Gasteiger charge is 2.53. The van der Waals surface area contributed by atoms with Crippen LogP contribution in [0.4, 0.5) is 4.39 Å². The first-order valence-electron chi connectivity index (χ1n) is 10.6. The number of carbonyl (C=O) groups excluding carboxylic acids is 1. The van der Waals surface area contributed by atoms with Gasteiger partial charge in [-0.2, -0.15) is 5.26 Å². The summed E-state index contributed by atoms with van der Waals surface area (Å²) < 4.78 is 15.7. The Labute approximate surface area is 179 Å². The molecule has 4 heterocycles. The maximum Gasteiger partial charge on any atom is 0.229 e. The van der Waals surface area contributed by atoms with Gasteiger partial charge in [-0.1, -0.05) is 0 Å². The average Bonchev–Trinajstić information content (AvgIpc) is 3.21. The lowest BCUT2D eigenvalue weighted by Crippen LogP contribution is -2.54. The minimum Gasteiger partial charge on any atom is -0.404 e. The molecule has 31 heavy (non-hydrogen) atoms. The van der Waals surface area contributed by atoms with Crippen LogP contribution in [0.5, 0.6) is 0 Å². The Bertz CT molecular complexity index is 1100. The summed E-state index contributed by atoms with van der Waals surface area (Å²) in [5, 5.41) is 8.94. The molecule has 7 nitrogen and oxygen atoms in total. The van der Waals surface area contributed by atoms with Gasteiger partial charge in [0.1, 0.15) is 23.6 Å². The van der Waals surface area contributed by atoms with Gasteiger partial charge < -0.3 is 15.6 Å². The number of nitrogens with one attached hydrogen (secondary N) is 1. The molecule has 0 aromatic carbocycles. The van der Waals surface area contributed by atoms with Crippen molar-refractivity contribution in [1.82, 2.24) is 14.9 Å². The third kappa shape index (κ3) is 3.50. The zero-order valence-corrected chi connectivity index (χ0v) is 17.0. The van der Waals surface area contributed by atoms with Crippen LogP contribution in [0.15, 0.2) is 42.9 Å². The van der Waals surface area contributed by atoms with E-state index in [1.165, 1.54) is 6.20 Å². The van der Waals surface area contributed by atoms with Gasteiger partial charge in [0, 0.05) is 35.8 Å². The number of aromatic amines is 1. The van der Waals surface area contributed by atoms with Crippen LogP contribution in [0.3, 0.4) is 0 Å². The number of carbonyl (C=O) groups is 1. The number of amides is 1. The Morgan fingerprint density at radius 3 is 2.65 bits per heavy atom. The number of hydrogen-bond acceptors (Lipinski definition) is 4. The number of nitrogens with two attached hydrogens (primary N) is 1. The number of aromatic nitrogens is 2. The largest absolute Gasteiger partial charge is 0.404 e. The fourth-order valence-electron chi connectivity index (χ4n) is 4.87. The normalized spacial score (nSPS) is 26.8. The molecule has 4 atom stereocenters. The van der Waals surface area contributed by atoms with Gasteiger partial charge in [-0.25, -0.2) is 13.9 Å². The molecular weight excluding hydrogens is 395 g/mol. The second-order valence-electron chi connectivity index (χ2n) is 8.48. The number of pyridine rings is 1. The number of nitrogens with zero attached hydrogens (tertiary/aromatic N) is 4. The summed E-state index contributed by atoms with van der Waals surface area (Å²) in [5.74, 6) is -0.430. The Morgan fingerprint density at radius 1 is 1.32 bits per heavy atom. The lowest BCUT2D eigenvalue weighted by Gasteiger charge is -2.33. The molecule has 1 aliphatic carbocycles. The van der Waals surface area contributed by atoms with Crippen molar-refractivity contribution >= 4 is 11.6 Å². The molecule has 158 valence electrons. The summed E-state index contributed by atoms with van der Waals surface area (Å²) in [6, 6.07) is 7.85. The number of hydrogen-bond donors (Lipinski definition) is 2. The number of alkyl halides is 1. The van der Waals surface area contributed by atoms with Crippen LogP contribution in [-0.2, 0) is 4.79 Å². The van der Waals surface area contributed by atoms with E-state index in [9.17, 15) is 9.18 Å². The molecule has 1 amide bonds. The fourth-order valence-corrected chi connectivity index (χ4v) is 4.87. The predicted molar refractivity (Wildman–Crippen MR) is 113 cm³/mol. The quantitative estimate of drug-likeness (QED) is 0.740. The number of fused-ring (bicyclic) bond motifs is 2. The topological polar surface area (TPSA) is 102 Å².